The third-order valence-corrected chi connectivity index (χ3v) is 13.3. The van der Waals surface area contributed by atoms with Crippen molar-refractivity contribution in [3.63, 3.8) is 0 Å². The monoisotopic (exact) mass is 1090 g/mol. The zero-order chi connectivity index (χ0) is 55.4. The van der Waals surface area contributed by atoms with Gasteiger partial charge in [-0.25, -0.2) is 9.59 Å². The Kier molecular flexibility index (Phi) is 19.0. The summed E-state index contributed by atoms with van der Waals surface area (Å²) in [6.45, 7) is 3.77. The van der Waals surface area contributed by atoms with E-state index in [0.717, 1.165) is 35.4 Å². The van der Waals surface area contributed by atoms with E-state index in [0.29, 0.717) is 22.3 Å². The molecule has 4 aromatic carbocycles. The Morgan fingerprint density at radius 3 is 1.25 bits per heavy atom. The number of urea groups is 1. The van der Waals surface area contributed by atoms with Gasteiger partial charge in [0.2, 0.25) is 11.8 Å². The minimum Gasteiger partial charge on any atom is -0.475 e. The van der Waals surface area contributed by atoms with Crippen molar-refractivity contribution >= 4 is 35.6 Å². The maximum Gasteiger partial charge on any atom is 0.490 e. The first kappa shape index (κ1) is 61.4. The smallest absolute Gasteiger partial charge is 0.475 e. The number of benzene rings is 4. The van der Waals surface area contributed by atoms with Crippen LogP contribution in [0.3, 0.4) is 0 Å². The van der Waals surface area contributed by atoms with Gasteiger partial charge < -0.3 is 40.2 Å². The molecular formula is C52H54F9N9O7. The second-order valence-corrected chi connectivity index (χ2v) is 17.9. The van der Waals surface area contributed by atoms with Crippen LogP contribution in [-0.4, -0.2) is 129 Å². The van der Waals surface area contributed by atoms with Gasteiger partial charge in [-0.15, -0.1) is 0 Å². The third kappa shape index (κ3) is 13.1. The van der Waals surface area contributed by atoms with Crippen molar-refractivity contribution in [1.29, 1.82) is 10.5 Å². The lowest BCUT2D eigenvalue weighted by Crippen LogP contribution is -2.81. The van der Waals surface area contributed by atoms with Crippen molar-refractivity contribution in [1.82, 2.24) is 35.1 Å². The van der Waals surface area contributed by atoms with Crippen LogP contribution in [0.15, 0.2) is 97.1 Å². The molecule has 0 radical (unpaired) electrons. The van der Waals surface area contributed by atoms with Crippen LogP contribution < -0.4 is 10.6 Å². The highest BCUT2D eigenvalue weighted by molar-refractivity contribution is 6.01. The Bertz CT molecular complexity index is 2880. The molecule has 0 saturated carbocycles. The number of amides is 6. The minimum atomic E-state index is -5.08. The van der Waals surface area contributed by atoms with Gasteiger partial charge in [0.25, 0.3) is 11.8 Å². The van der Waals surface area contributed by atoms with Crippen LogP contribution in [0, 0.1) is 22.7 Å². The summed E-state index contributed by atoms with van der Waals surface area (Å²) in [5, 5.41) is 30.7. The van der Waals surface area contributed by atoms with Gasteiger partial charge in [-0.05, 0) is 84.6 Å². The third-order valence-electron chi connectivity index (χ3n) is 13.3. The number of aliphatic carboxylic acids is 1. The standard InChI is InChI=1S/C25H24F3N5O3.C23H21F3N4O2.C2HF3O2.2CH4/c1-16(19-7-3-17(11-29)4-8-19)32-13-21(34)33(12-18-5-9-20(10-6-18)25(26,27)28)24(22(32)35)14-31(15-24)23(36)30-2;1-15(18-6-2-16(10-27)3-7-18)29-12-20(31)30(22(21(29)32)13-28-14-22)11-17-4-8-19(9-5-17)23(24,25)26;3-2(4,5)1(6)7;;/h3-10,16H,12-15H2,1-2H3,(H,30,36);2-9,15,28H,11-14H2,1H3;(H,6,7);2*1H4. The number of halogens is 9. The van der Waals surface area contributed by atoms with Crippen molar-refractivity contribution in [2.45, 2.75) is 83.5 Å². The largest absolute Gasteiger partial charge is 0.490 e. The summed E-state index contributed by atoms with van der Waals surface area (Å²) in [7, 11) is 1.46. The predicted molar refractivity (Wildman–Crippen MR) is 258 cm³/mol. The van der Waals surface area contributed by atoms with Gasteiger partial charge in [0.1, 0.15) is 18.6 Å². The van der Waals surface area contributed by atoms with E-state index in [9.17, 15) is 63.5 Å². The summed E-state index contributed by atoms with van der Waals surface area (Å²) in [6.07, 6.45) is -14.0. The number of carboxylic acids is 1. The van der Waals surface area contributed by atoms with Gasteiger partial charge in [-0.1, -0.05) is 63.4 Å². The second-order valence-electron chi connectivity index (χ2n) is 17.9. The number of piperazine rings is 2. The summed E-state index contributed by atoms with van der Waals surface area (Å²) < 4.78 is 109. The molecular weight excluding hydrogens is 1030 g/mol. The number of carbonyl (C=O) groups excluding carboxylic acids is 5. The number of nitrogens with zero attached hydrogens (tertiary/aromatic N) is 7. The van der Waals surface area contributed by atoms with E-state index in [1.165, 1.54) is 55.8 Å². The van der Waals surface area contributed by atoms with Gasteiger partial charge in [0.15, 0.2) is 5.54 Å². The Labute approximate surface area is 437 Å². The Morgan fingerprint density at radius 1 is 0.623 bits per heavy atom. The number of hydrogen-bond donors (Lipinski definition) is 3. The summed E-state index contributed by atoms with van der Waals surface area (Å²) in [5.74, 6) is -3.92. The van der Waals surface area contributed by atoms with Crippen LogP contribution in [-0.2, 0) is 49.4 Å². The molecule has 412 valence electrons. The molecule has 0 aliphatic carbocycles. The molecule has 3 N–H and O–H groups in total. The molecule has 16 nitrogen and oxygen atoms in total. The highest BCUT2D eigenvalue weighted by Gasteiger charge is 2.61. The fraction of sp³-hybridized carbons (Fsp3) is 0.385. The molecule has 0 aromatic heterocycles. The van der Waals surface area contributed by atoms with Crippen molar-refractivity contribution in [2.75, 3.05) is 46.3 Å². The second kappa shape index (κ2) is 23.8. The van der Waals surface area contributed by atoms with Crippen molar-refractivity contribution < 1.29 is 73.4 Å². The molecule has 2 atom stereocenters. The van der Waals surface area contributed by atoms with Gasteiger partial charge in [0, 0.05) is 33.2 Å². The fourth-order valence-corrected chi connectivity index (χ4v) is 8.85. The Morgan fingerprint density at radius 2 is 0.961 bits per heavy atom. The molecule has 8 rings (SSSR count). The normalized spacial score (nSPS) is 17.4. The highest BCUT2D eigenvalue weighted by Crippen LogP contribution is 2.39. The van der Waals surface area contributed by atoms with Crippen molar-refractivity contribution in [2.24, 2.45) is 0 Å². The maximum atomic E-state index is 13.8. The zero-order valence-corrected chi connectivity index (χ0v) is 40.0. The van der Waals surface area contributed by atoms with E-state index >= 15 is 0 Å². The fourth-order valence-electron chi connectivity index (χ4n) is 8.85. The highest BCUT2D eigenvalue weighted by atomic mass is 19.4. The predicted octanol–water partition coefficient (Wildman–Crippen LogP) is 7.66. The molecule has 4 heterocycles. The van der Waals surface area contributed by atoms with Crippen LogP contribution in [0.2, 0.25) is 0 Å². The summed E-state index contributed by atoms with van der Waals surface area (Å²) in [4.78, 5) is 82.1. The van der Waals surface area contributed by atoms with E-state index < -0.39 is 58.8 Å². The summed E-state index contributed by atoms with van der Waals surface area (Å²) in [6, 6.07) is 25.5. The first-order valence-corrected chi connectivity index (χ1v) is 22.6. The first-order valence-electron chi connectivity index (χ1n) is 22.6. The molecule has 25 heteroatoms. The van der Waals surface area contributed by atoms with Gasteiger partial charge in [-0.2, -0.15) is 50.0 Å². The molecule has 4 saturated heterocycles. The lowest BCUT2D eigenvalue weighted by atomic mass is 9.82. The minimum absolute atomic E-state index is 0. The summed E-state index contributed by atoms with van der Waals surface area (Å²) >= 11 is 0. The molecule has 2 spiro atoms. The quantitative estimate of drug-likeness (QED) is 0.147. The van der Waals surface area contributed by atoms with Crippen LogP contribution in [0.1, 0.15) is 85.3 Å². The van der Waals surface area contributed by atoms with Crippen LogP contribution in [0.4, 0.5) is 44.3 Å². The van der Waals surface area contributed by atoms with Gasteiger partial charge >= 0.3 is 30.5 Å². The topological polar surface area (TPSA) is 210 Å². The van der Waals surface area contributed by atoms with Crippen LogP contribution in [0.25, 0.3) is 0 Å². The SMILES string of the molecule is C.C.CC(c1ccc(C#N)cc1)N1CC(=O)N(Cc2ccc(C(F)(F)F)cc2)C2(CNC2)C1=O.CNC(=O)N1CC2(C1)C(=O)N(C(C)c1ccc(C#N)cc1)CC(=O)N2Cc1ccc(C(F)(F)F)cc1.O=C(O)C(F)(F)F. The number of hydrogen-bond acceptors (Lipinski definition) is 9. The number of nitrogens with one attached hydrogen (secondary N) is 2. The van der Waals surface area contributed by atoms with E-state index in [1.54, 1.807) is 55.5 Å². The van der Waals surface area contributed by atoms with Crippen molar-refractivity contribution in [3.8, 4) is 12.1 Å². The molecule has 4 fully saturated rings. The van der Waals surface area contributed by atoms with E-state index in [-0.39, 0.29) is 96.9 Å². The first-order chi connectivity index (χ1) is 35.1. The molecule has 6 amide bonds. The lowest BCUT2D eigenvalue weighted by molar-refractivity contribution is -0.192. The van der Waals surface area contributed by atoms with Gasteiger partial charge in [0.05, 0.1) is 59.6 Å². The average Bonchev–Trinajstić information content (AvgIpc) is 3.34. The van der Waals surface area contributed by atoms with Crippen molar-refractivity contribution in [3.05, 3.63) is 142 Å². The Balaban J connectivity index is 0.000000290. The number of rotatable bonds is 8. The van der Waals surface area contributed by atoms with Crippen LogP contribution >= 0.6 is 0 Å². The maximum absolute atomic E-state index is 13.8. The molecule has 0 bridgehead atoms. The van der Waals surface area contributed by atoms with Gasteiger partial charge in [-0.3, -0.25) is 19.2 Å². The number of nitriles is 2. The molecule has 77 heavy (non-hydrogen) atoms. The van der Waals surface area contributed by atoms with E-state index in [4.69, 9.17) is 20.4 Å². The molecule has 4 aliphatic heterocycles. The Hall–Kier alpha value is -8.19. The molecule has 2 unspecified atom stereocenters. The number of carboxylic acid groups (broad SMARTS) is 1. The number of alkyl halides is 9. The molecule has 4 aromatic rings. The molecule has 4 aliphatic rings. The summed E-state index contributed by atoms with van der Waals surface area (Å²) in [5.41, 5.74) is -0.466. The van der Waals surface area contributed by atoms with Crippen LogP contribution in [0.5, 0.6) is 0 Å². The number of likely N-dealkylation sites (tertiary alicyclic amines) is 1. The lowest BCUT2D eigenvalue weighted by Gasteiger charge is -2.58. The number of carbonyl (C=O) groups is 6. The zero-order valence-electron chi connectivity index (χ0n) is 40.0. The van der Waals surface area contributed by atoms with E-state index in [2.05, 4.69) is 10.6 Å². The average molecular weight is 1090 g/mol. The van der Waals surface area contributed by atoms with E-state index in [1.807, 2.05) is 19.1 Å².